The van der Waals surface area contributed by atoms with Crippen molar-refractivity contribution in [3.05, 3.63) is 71.0 Å². The second-order valence-electron chi connectivity index (χ2n) is 9.84. The average Bonchev–Trinajstić information content (AvgIpc) is 3.64. The van der Waals surface area contributed by atoms with Crippen molar-refractivity contribution in [1.29, 1.82) is 5.26 Å². The van der Waals surface area contributed by atoms with E-state index in [1.54, 1.807) is 18.6 Å². The topological polar surface area (TPSA) is 98.5 Å². The summed E-state index contributed by atoms with van der Waals surface area (Å²) in [4.78, 5) is 18.9. The summed E-state index contributed by atoms with van der Waals surface area (Å²) in [6, 6.07) is 12.3. The van der Waals surface area contributed by atoms with E-state index in [2.05, 4.69) is 54.4 Å². The molecule has 0 bridgehead atoms. The van der Waals surface area contributed by atoms with Crippen LogP contribution in [0, 0.1) is 11.3 Å². The minimum atomic E-state index is -4.25. The third-order valence-corrected chi connectivity index (χ3v) is 8.10. The van der Waals surface area contributed by atoms with Gasteiger partial charge in [0.2, 0.25) is 0 Å². The molecule has 39 heavy (non-hydrogen) atoms. The predicted molar refractivity (Wildman–Crippen MR) is 143 cm³/mol. The zero-order chi connectivity index (χ0) is 27.0. The summed E-state index contributed by atoms with van der Waals surface area (Å²) < 4.78 is 40.5. The number of aromatic nitrogens is 5. The van der Waals surface area contributed by atoms with Crippen LogP contribution < -0.4 is 5.32 Å². The van der Waals surface area contributed by atoms with Crippen LogP contribution in [0.15, 0.2) is 49.2 Å². The van der Waals surface area contributed by atoms with E-state index in [0.717, 1.165) is 60.4 Å². The van der Waals surface area contributed by atoms with Gasteiger partial charge in [0.25, 0.3) is 0 Å². The molecule has 200 valence electrons. The average molecular weight is 551 g/mol. The normalized spacial score (nSPS) is 15.2. The highest BCUT2D eigenvalue weighted by Crippen LogP contribution is 2.33. The minimum Gasteiger partial charge on any atom is -0.367 e. The molecule has 1 aliphatic rings. The molecule has 0 unspecified atom stereocenters. The van der Waals surface area contributed by atoms with Crippen LogP contribution in [0.3, 0.4) is 0 Å². The van der Waals surface area contributed by atoms with E-state index in [1.165, 1.54) is 11.9 Å². The number of aromatic amines is 1. The maximum atomic E-state index is 12.9. The summed E-state index contributed by atoms with van der Waals surface area (Å²) in [5.41, 5.74) is 3.74. The molecule has 0 radical (unpaired) electrons. The number of hydrogen-bond acceptors (Lipinski definition) is 7. The van der Waals surface area contributed by atoms with Crippen molar-refractivity contribution in [2.24, 2.45) is 0 Å². The smallest absolute Gasteiger partial charge is 0.367 e. The number of likely N-dealkylation sites (tertiary alicyclic amines) is 1. The Morgan fingerprint density at radius 1 is 1.13 bits per heavy atom. The summed E-state index contributed by atoms with van der Waals surface area (Å²) >= 11 is 1.06. The first-order valence-corrected chi connectivity index (χ1v) is 13.4. The van der Waals surface area contributed by atoms with Gasteiger partial charge in [0.05, 0.1) is 30.4 Å². The Balaban J connectivity index is 1.09. The second-order valence-corrected chi connectivity index (χ2v) is 11.0. The molecule has 5 heterocycles. The van der Waals surface area contributed by atoms with Crippen molar-refractivity contribution < 1.29 is 13.2 Å². The van der Waals surface area contributed by atoms with E-state index in [9.17, 15) is 18.4 Å². The molecule has 4 aromatic heterocycles. The lowest BCUT2D eigenvalue weighted by atomic mass is 10.0. The Bertz CT molecular complexity index is 1640. The molecule has 1 aliphatic heterocycles. The number of hydrogen-bond donors (Lipinski definition) is 2. The molecule has 0 amide bonds. The third kappa shape index (κ3) is 5.60. The fraction of sp³-hybridized carbons (Fsp3) is 0.333. The number of nitrogens with one attached hydrogen (secondary N) is 2. The second kappa shape index (κ2) is 10.3. The molecule has 0 saturated carbocycles. The van der Waals surface area contributed by atoms with Gasteiger partial charge in [0.1, 0.15) is 28.7 Å². The lowest BCUT2D eigenvalue weighted by Gasteiger charge is -2.32. The molecule has 1 fully saturated rings. The van der Waals surface area contributed by atoms with Gasteiger partial charge in [-0.25, -0.2) is 15.0 Å². The first kappa shape index (κ1) is 25.3. The maximum absolute atomic E-state index is 12.9. The fourth-order valence-electron chi connectivity index (χ4n) is 5.22. The first-order valence-electron chi connectivity index (χ1n) is 12.6. The largest absolute Gasteiger partial charge is 0.393 e. The van der Waals surface area contributed by atoms with Gasteiger partial charge in [-0.1, -0.05) is 6.07 Å². The van der Waals surface area contributed by atoms with Crippen molar-refractivity contribution in [2.45, 2.75) is 44.6 Å². The summed E-state index contributed by atoms with van der Waals surface area (Å²) in [6.07, 6.45) is 1.39. The number of halogens is 3. The molecule has 1 aromatic carbocycles. The number of nitrogens with zero attached hydrogens (tertiary/aromatic N) is 6. The van der Waals surface area contributed by atoms with Gasteiger partial charge in [-0.3, -0.25) is 4.90 Å². The number of benzene rings is 1. The van der Waals surface area contributed by atoms with Crippen LogP contribution in [0.2, 0.25) is 0 Å². The minimum absolute atomic E-state index is 0.183. The molecule has 2 N–H and O–H groups in total. The maximum Gasteiger partial charge on any atom is 0.393 e. The Hall–Kier alpha value is -3.95. The fourth-order valence-corrected chi connectivity index (χ4v) is 6.24. The van der Waals surface area contributed by atoms with Gasteiger partial charge in [-0.15, -0.1) is 11.3 Å². The van der Waals surface area contributed by atoms with Gasteiger partial charge in [0.15, 0.2) is 0 Å². The van der Waals surface area contributed by atoms with Crippen LogP contribution in [-0.4, -0.2) is 54.7 Å². The monoisotopic (exact) mass is 550 g/mol. The van der Waals surface area contributed by atoms with Crippen LogP contribution in [0.25, 0.3) is 21.1 Å². The molecule has 8 nitrogen and oxygen atoms in total. The van der Waals surface area contributed by atoms with Crippen LogP contribution in [-0.2, 0) is 19.5 Å². The van der Waals surface area contributed by atoms with E-state index < -0.39 is 12.6 Å². The van der Waals surface area contributed by atoms with E-state index >= 15 is 0 Å². The summed E-state index contributed by atoms with van der Waals surface area (Å²) in [6.45, 7) is 3.13. The molecule has 0 spiro atoms. The number of fused-ring (bicyclic) bond motifs is 2. The van der Waals surface area contributed by atoms with Crippen molar-refractivity contribution in [3.8, 4) is 6.07 Å². The number of thiophene rings is 1. The number of anilines is 1. The summed E-state index contributed by atoms with van der Waals surface area (Å²) in [5, 5.41) is 14.8. The molecule has 0 aliphatic carbocycles. The van der Waals surface area contributed by atoms with E-state index in [4.69, 9.17) is 0 Å². The predicted octanol–water partition coefficient (Wildman–Crippen LogP) is 5.47. The van der Waals surface area contributed by atoms with Crippen molar-refractivity contribution in [2.75, 3.05) is 18.4 Å². The van der Waals surface area contributed by atoms with Gasteiger partial charge in [-0.2, -0.15) is 18.4 Å². The van der Waals surface area contributed by atoms with Crippen molar-refractivity contribution in [1.82, 2.24) is 29.4 Å². The molecule has 5 aromatic rings. The van der Waals surface area contributed by atoms with Crippen molar-refractivity contribution >= 4 is 38.3 Å². The Morgan fingerprint density at radius 2 is 1.97 bits per heavy atom. The number of rotatable bonds is 7. The number of H-pyrrole nitrogens is 1. The number of piperidine rings is 1. The lowest BCUT2D eigenvalue weighted by Crippen LogP contribution is -2.38. The van der Waals surface area contributed by atoms with Gasteiger partial charge in [0, 0.05) is 47.7 Å². The highest BCUT2D eigenvalue weighted by molar-refractivity contribution is 7.18. The Kier molecular flexibility index (Phi) is 6.70. The zero-order valence-electron chi connectivity index (χ0n) is 20.9. The molecule has 6 rings (SSSR count). The third-order valence-electron chi connectivity index (χ3n) is 7.05. The van der Waals surface area contributed by atoms with Crippen LogP contribution in [0.5, 0.6) is 0 Å². The first-order chi connectivity index (χ1) is 18.8. The highest BCUT2D eigenvalue weighted by atomic mass is 32.1. The number of nitriles is 1. The summed E-state index contributed by atoms with van der Waals surface area (Å²) in [7, 11) is 0. The van der Waals surface area contributed by atoms with Gasteiger partial charge in [-0.05, 0) is 42.7 Å². The van der Waals surface area contributed by atoms with E-state index in [1.807, 2.05) is 10.6 Å². The zero-order valence-corrected chi connectivity index (χ0v) is 21.7. The number of alkyl halides is 3. The van der Waals surface area contributed by atoms with Crippen molar-refractivity contribution in [3.63, 3.8) is 0 Å². The number of imidazole rings is 1. The van der Waals surface area contributed by atoms with Gasteiger partial charge < -0.3 is 14.9 Å². The Morgan fingerprint density at radius 3 is 2.72 bits per heavy atom. The summed E-state index contributed by atoms with van der Waals surface area (Å²) in [5.74, 6) is 0.599. The molecule has 12 heteroatoms. The van der Waals surface area contributed by atoms with E-state index in [-0.39, 0.29) is 10.9 Å². The molecule has 0 atom stereocenters. The SMILES string of the molecule is N#Cc1cc2cc(CN3CCC(Nc4ncnc5sc(CC(F)(F)F)cc45)CC3)ccc2n1Cc1cnc[nH]1. The molecular weight excluding hydrogens is 525 g/mol. The molecular formula is C27H25F3N8S. The Labute approximate surface area is 226 Å². The van der Waals surface area contributed by atoms with Crippen LogP contribution in [0.4, 0.5) is 19.0 Å². The van der Waals surface area contributed by atoms with Gasteiger partial charge >= 0.3 is 6.18 Å². The van der Waals surface area contributed by atoms with Crippen LogP contribution >= 0.6 is 11.3 Å². The lowest BCUT2D eigenvalue weighted by molar-refractivity contribution is -0.126. The van der Waals surface area contributed by atoms with E-state index in [0.29, 0.717) is 28.3 Å². The highest BCUT2D eigenvalue weighted by Gasteiger charge is 2.29. The standard InChI is InChI=1S/C27H25F3N8S/c28-27(29,30)10-22-9-23-25(34-16-35-26(23)39-22)36-19-3-5-37(6-4-19)13-17-1-2-24-18(7-17)8-21(11-31)38(24)14-20-12-32-15-33-20/h1-2,7-9,12,15-16,19H,3-6,10,13-14H2,(H,32,33)(H,34,35,36). The van der Waals surface area contributed by atoms with Crippen LogP contribution in [0.1, 0.15) is 34.7 Å². The molecule has 1 saturated heterocycles. The quantitative estimate of drug-likeness (QED) is 0.279.